The molecule has 3 aliphatic rings. The van der Waals surface area contributed by atoms with E-state index in [-0.39, 0.29) is 11.8 Å². The van der Waals surface area contributed by atoms with E-state index in [1.54, 1.807) is 11.8 Å². The molecular weight excluding hydrogens is 510 g/mol. The minimum atomic E-state index is -0.887. The monoisotopic (exact) mass is 567 g/mol. The van der Waals surface area contributed by atoms with Crippen molar-refractivity contribution in [2.45, 2.75) is 131 Å². The van der Waals surface area contributed by atoms with Gasteiger partial charge in [-0.2, -0.15) is 0 Å². The quantitative estimate of drug-likeness (QED) is 0.297. The van der Waals surface area contributed by atoms with Crippen molar-refractivity contribution in [3.8, 4) is 0 Å². The highest BCUT2D eigenvalue weighted by atomic mass is 16.2. The van der Waals surface area contributed by atoms with Crippen molar-refractivity contribution in [2.75, 3.05) is 20.1 Å². The number of nitrogens with one attached hydrogen (secondary N) is 4. The predicted octanol–water partition coefficient (Wildman–Crippen LogP) is 3.92. The number of ketones is 1. The highest BCUT2D eigenvalue weighted by Gasteiger charge is 2.42. The Morgan fingerprint density at radius 3 is 1.93 bits per heavy atom. The fourth-order valence-corrected chi connectivity index (χ4v) is 5.14. The van der Waals surface area contributed by atoms with Gasteiger partial charge in [0.15, 0.2) is 0 Å². The SMILES string of the molecule is CC.CC.CC.CCNC(=O)C(=O)C(CC1CC1)NC(=O)C1CCCN1C(=O)C(NC(=O)NC)C1CCCCC1. The van der Waals surface area contributed by atoms with E-state index in [1.807, 2.05) is 41.5 Å². The number of urea groups is 1. The summed E-state index contributed by atoms with van der Waals surface area (Å²) in [6.07, 6.45) is 8.41. The first-order chi connectivity index (χ1) is 19.3. The largest absolute Gasteiger partial charge is 0.350 e. The van der Waals surface area contributed by atoms with E-state index in [4.69, 9.17) is 0 Å². The van der Waals surface area contributed by atoms with E-state index in [9.17, 15) is 24.0 Å². The van der Waals surface area contributed by atoms with Crippen LogP contribution in [0.15, 0.2) is 0 Å². The first-order valence-corrected chi connectivity index (χ1v) is 15.8. The third-order valence-electron chi connectivity index (χ3n) is 7.20. The molecule has 3 atom stereocenters. The third-order valence-corrected chi connectivity index (χ3v) is 7.20. The summed E-state index contributed by atoms with van der Waals surface area (Å²) in [6, 6.07) is -2.70. The summed E-state index contributed by atoms with van der Waals surface area (Å²) >= 11 is 0. The molecule has 3 fully saturated rings. The molecule has 5 amide bonds. The summed E-state index contributed by atoms with van der Waals surface area (Å²) < 4.78 is 0. The Morgan fingerprint density at radius 1 is 0.800 bits per heavy atom. The minimum absolute atomic E-state index is 0.0322. The first-order valence-electron chi connectivity index (χ1n) is 15.8. The normalized spacial score (nSPS) is 19.5. The Labute approximate surface area is 242 Å². The van der Waals surface area contributed by atoms with Gasteiger partial charge in [0, 0.05) is 20.1 Å². The molecule has 0 bridgehead atoms. The van der Waals surface area contributed by atoms with Gasteiger partial charge in [-0.1, -0.05) is 73.6 Å². The average Bonchev–Trinajstić information content (AvgIpc) is 3.69. The summed E-state index contributed by atoms with van der Waals surface area (Å²) in [7, 11) is 1.51. The van der Waals surface area contributed by atoms with Gasteiger partial charge in [0.1, 0.15) is 12.1 Å². The van der Waals surface area contributed by atoms with Crippen molar-refractivity contribution in [1.82, 2.24) is 26.2 Å². The van der Waals surface area contributed by atoms with Crippen molar-refractivity contribution in [3.63, 3.8) is 0 Å². The molecule has 0 aromatic rings. The van der Waals surface area contributed by atoms with Crippen LogP contribution in [0.1, 0.15) is 113 Å². The number of hydrogen-bond donors (Lipinski definition) is 4. The zero-order valence-corrected chi connectivity index (χ0v) is 26.4. The van der Waals surface area contributed by atoms with Gasteiger partial charge in [-0.3, -0.25) is 19.2 Å². The van der Waals surface area contributed by atoms with Crippen molar-refractivity contribution < 1.29 is 24.0 Å². The highest BCUT2D eigenvalue weighted by Crippen LogP contribution is 2.34. The smallest absolute Gasteiger partial charge is 0.315 e. The van der Waals surface area contributed by atoms with Gasteiger partial charge in [0.25, 0.3) is 5.91 Å². The van der Waals surface area contributed by atoms with Gasteiger partial charge < -0.3 is 26.2 Å². The molecule has 0 radical (unpaired) electrons. The van der Waals surface area contributed by atoms with Crippen LogP contribution in [0.4, 0.5) is 4.79 Å². The van der Waals surface area contributed by atoms with E-state index in [0.29, 0.717) is 38.3 Å². The molecule has 40 heavy (non-hydrogen) atoms. The van der Waals surface area contributed by atoms with Crippen LogP contribution >= 0.6 is 0 Å². The molecule has 10 heteroatoms. The summed E-state index contributed by atoms with van der Waals surface area (Å²) in [5.74, 6) is -1.63. The van der Waals surface area contributed by atoms with Crippen molar-refractivity contribution >= 4 is 29.5 Å². The average molecular weight is 568 g/mol. The first kappa shape index (κ1) is 37.4. The number of carbonyl (C=O) groups excluding carboxylic acids is 5. The summed E-state index contributed by atoms with van der Waals surface area (Å²) in [6.45, 7) is 14.5. The molecule has 0 aromatic heterocycles. The van der Waals surface area contributed by atoms with Crippen molar-refractivity contribution in [1.29, 1.82) is 0 Å². The summed E-state index contributed by atoms with van der Waals surface area (Å²) in [4.78, 5) is 65.3. The van der Waals surface area contributed by atoms with Gasteiger partial charge in [-0.15, -0.1) is 0 Å². The standard InChI is InChI=1S/C24H39N5O5.3C2H6/c1-3-26-22(32)20(30)17(14-15-11-12-15)27-21(31)18-10-7-13-29(18)23(33)19(28-24(34)25-2)16-8-5-4-6-9-16;3*1-2/h15-19H,3-14H2,1-2H3,(H,26,32)(H,27,31)(H2,25,28,34);3*1-2H3. The lowest BCUT2D eigenvalue weighted by Crippen LogP contribution is -2.58. The van der Waals surface area contributed by atoms with Crippen LogP contribution in [0, 0.1) is 11.8 Å². The van der Waals surface area contributed by atoms with Crippen LogP contribution in [-0.4, -0.2) is 72.7 Å². The number of Topliss-reactive ketones (excluding diaryl/α,β-unsaturated/α-hetero) is 1. The Bertz CT molecular complexity index is 780. The van der Waals surface area contributed by atoms with Crippen LogP contribution < -0.4 is 21.3 Å². The second kappa shape index (κ2) is 21.1. The maximum absolute atomic E-state index is 13.6. The van der Waals surface area contributed by atoms with E-state index >= 15 is 0 Å². The highest BCUT2D eigenvalue weighted by molar-refractivity contribution is 6.38. The van der Waals surface area contributed by atoms with Gasteiger partial charge in [0.05, 0.1) is 6.04 Å². The second-order valence-corrected chi connectivity index (χ2v) is 9.75. The summed E-state index contributed by atoms with van der Waals surface area (Å²) in [5, 5.41) is 10.6. The Kier molecular flexibility index (Phi) is 19.7. The predicted molar refractivity (Wildman–Crippen MR) is 160 cm³/mol. The molecule has 10 nitrogen and oxygen atoms in total. The lowest BCUT2D eigenvalue weighted by molar-refractivity contribution is -0.143. The molecular formula is C30H57N5O5. The number of nitrogens with zero attached hydrogens (tertiary/aromatic N) is 1. The molecule has 0 aromatic carbocycles. The lowest BCUT2D eigenvalue weighted by atomic mass is 9.83. The lowest BCUT2D eigenvalue weighted by Gasteiger charge is -2.34. The van der Waals surface area contributed by atoms with Gasteiger partial charge in [0.2, 0.25) is 17.6 Å². The maximum Gasteiger partial charge on any atom is 0.315 e. The van der Waals surface area contributed by atoms with E-state index < -0.39 is 41.8 Å². The van der Waals surface area contributed by atoms with Crippen molar-refractivity contribution in [2.24, 2.45) is 11.8 Å². The number of rotatable bonds is 10. The molecule has 0 spiro atoms. The van der Waals surface area contributed by atoms with E-state index in [2.05, 4.69) is 21.3 Å². The number of hydrogen-bond acceptors (Lipinski definition) is 5. The molecule has 232 valence electrons. The second-order valence-electron chi connectivity index (χ2n) is 9.75. The summed E-state index contributed by atoms with van der Waals surface area (Å²) in [5.41, 5.74) is 0. The van der Waals surface area contributed by atoms with Crippen LogP contribution in [0.2, 0.25) is 0 Å². The number of likely N-dealkylation sites (N-methyl/N-ethyl adjacent to an activating group) is 1. The fourth-order valence-electron chi connectivity index (χ4n) is 5.14. The van der Waals surface area contributed by atoms with Crippen LogP contribution in [-0.2, 0) is 19.2 Å². The zero-order chi connectivity index (χ0) is 30.7. The molecule has 4 N–H and O–H groups in total. The Balaban J connectivity index is 0.00000237. The van der Waals surface area contributed by atoms with Crippen LogP contribution in [0.3, 0.4) is 0 Å². The Morgan fingerprint density at radius 2 is 1.40 bits per heavy atom. The topological polar surface area (TPSA) is 137 Å². The number of likely N-dealkylation sites (tertiary alicyclic amines) is 1. The third kappa shape index (κ3) is 11.8. The van der Waals surface area contributed by atoms with Crippen LogP contribution in [0.5, 0.6) is 0 Å². The fraction of sp³-hybridized carbons (Fsp3) is 0.833. The molecule has 2 aliphatic carbocycles. The molecule has 2 saturated carbocycles. The maximum atomic E-state index is 13.6. The minimum Gasteiger partial charge on any atom is -0.350 e. The van der Waals surface area contributed by atoms with E-state index in [0.717, 1.165) is 44.9 Å². The number of carbonyl (C=O) groups is 5. The van der Waals surface area contributed by atoms with Crippen molar-refractivity contribution in [3.05, 3.63) is 0 Å². The van der Waals surface area contributed by atoms with Gasteiger partial charge in [-0.05, 0) is 50.9 Å². The molecule has 3 rings (SSSR count). The molecule has 1 saturated heterocycles. The Hall–Kier alpha value is -2.65. The number of amides is 5. The van der Waals surface area contributed by atoms with Gasteiger partial charge >= 0.3 is 6.03 Å². The van der Waals surface area contributed by atoms with E-state index in [1.165, 1.54) is 7.05 Å². The zero-order valence-electron chi connectivity index (χ0n) is 26.4. The van der Waals surface area contributed by atoms with Crippen LogP contribution in [0.25, 0.3) is 0 Å². The van der Waals surface area contributed by atoms with Gasteiger partial charge in [-0.25, -0.2) is 4.79 Å². The molecule has 3 unspecified atom stereocenters. The molecule has 1 heterocycles. The molecule has 1 aliphatic heterocycles.